The van der Waals surface area contributed by atoms with Gasteiger partial charge in [-0.2, -0.15) is 18.3 Å². The molecule has 0 aliphatic heterocycles. The maximum atomic E-state index is 11.9. The van der Waals surface area contributed by atoms with Crippen molar-refractivity contribution in [2.24, 2.45) is 0 Å². The van der Waals surface area contributed by atoms with Crippen LogP contribution >= 0.6 is 0 Å². The van der Waals surface area contributed by atoms with E-state index in [4.69, 9.17) is 10.2 Å². The van der Waals surface area contributed by atoms with E-state index >= 15 is 0 Å². The van der Waals surface area contributed by atoms with Crippen molar-refractivity contribution in [1.29, 1.82) is 0 Å². The van der Waals surface area contributed by atoms with E-state index in [-0.39, 0.29) is 5.56 Å². The van der Waals surface area contributed by atoms with Crippen LogP contribution in [0.3, 0.4) is 0 Å². The molecule has 7 nitrogen and oxygen atoms in total. The largest absolute Gasteiger partial charge is 0.478 e. The summed E-state index contributed by atoms with van der Waals surface area (Å²) in [5.41, 5.74) is -1.99. The Bertz CT molecular complexity index is 625. The summed E-state index contributed by atoms with van der Waals surface area (Å²) in [6.45, 7) is 0. The first-order valence-corrected chi connectivity index (χ1v) is 5.20. The van der Waals surface area contributed by atoms with Crippen LogP contribution < -0.4 is 0 Å². The molecule has 2 heterocycles. The minimum Gasteiger partial charge on any atom is -0.478 e. The molecule has 2 aromatic rings. The summed E-state index contributed by atoms with van der Waals surface area (Å²) in [4.78, 5) is 24.0. The lowest BCUT2D eigenvalue weighted by atomic mass is 10.2. The second-order valence-corrected chi connectivity index (χ2v) is 3.51. The van der Waals surface area contributed by atoms with Crippen LogP contribution in [0.4, 0.5) is 13.2 Å². The van der Waals surface area contributed by atoms with Gasteiger partial charge in [0.2, 0.25) is 0 Å². The zero-order chi connectivity index (χ0) is 16.0. The van der Waals surface area contributed by atoms with Crippen LogP contribution in [-0.4, -0.2) is 37.3 Å². The van der Waals surface area contributed by atoms with E-state index in [1.54, 1.807) is 11.2 Å². The zero-order valence-electron chi connectivity index (χ0n) is 10.1. The molecule has 0 radical (unpaired) electrons. The maximum Gasteiger partial charge on any atom is 0.433 e. The van der Waals surface area contributed by atoms with Crippen LogP contribution in [0.25, 0.3) is 0 Å². The molecular weight excluding hydrogens is 295 g/mol. The van der Waals surface area contributed by atoms with E-state index in [0.717, 1.165) is 0 Å². The van der Waals surface area contributed by atoms with Crippen molar-refractivity contribution in [1.82, 2.24) is 15.2 Å². The molecule has 0 atom stereocenters. The lowest BCUT2D eigenvalue weighted by Crippen LogP contribution is -2.11. The number of aromatic nitrogens is 3. The smallest absolute Gasteiger partial charge is 0.433 e. The minimum atomic E-state index is -4.70. The molecule has 2 rings (SSSR count). The molecule has 0 aliphatic rings. The van der Waals surface area contributed by atoms with Crippen LogP contribution in [0.5, 0.6) is 0 Å². The normalized spacial score (nSPS) is 10.4. The highest BCUT2D eigenvalue weighted by atomic mass is 19.4. The third kappa shape index (κ3) is 4.60. The first kappa shape index (κ1) is 16.1. The number of carboxylic acids is 2. The van der Waals surface area contributed by atoms with Crippen molar-refractivity contribution >= 4 is 11.9 Å². The number of halogens is 3. The molecule has 0 unspecified atom stereocenters. The van der Waals surface area contributed by atoms with E-state index in [2.05, 4.69) is 10.1 Å². The van der Waals surface area contributed by atoms with Gasteiger partial charge in [-0.25, -0.2) is 9.59 Å². The van der Waals surface area contributed by atoms with Gasteiger partial charge in [-0.1, -0.05) is 0 Å². The Labute approximate surface area is 115 Å². The van der Waals surface area contributed by atoms with Crippen molar-refractivity contribution in [2.75, 3.05) is 0 Å². The van der Waals surface area contributed by atoms with Gasteiger partial charge in [0, 0.05) is 12.4 Å². The fourth-order valence-electron chi connectivity index (χ4n) is 1.15. The first-order chi connectivity index (χ1) is 9.73. The number of rotatable bonds is 2. The molecule has 0 aliphatic carbocycles. The number of hydrogen-bond acceptors (Lipinski definition) is 4. The number of nitrogens with one attached hydrogen (secondary N) is 1. The molecule has 21 heavy (non-hydrogen) atoms. The van der Waals surface area contributed by atoms with Crippen LogP contribution in [-0.2, 0) is 6.18 Å². The zero-order valence-corrected chi connectivity index (χ0v) is 10.1. The highest BCUT2D eigenvalue weighted by molar-refractivity contribution is 5.88. The van der Waals surface area contributed by atoms with Gasteiger partial charge in [-0.3, -0.25) is 10.1 Å². The molecule has 0 aromatic carbocycles. The van der Waals surface area contributed by atoms with Gasteiger partial charge < -0.3 is 10.2 Å². The van der Waals surface area contributed by atoms with Crippen LogP contribution in [0, 0.1) is 0 Å². The molecule has 0 amide bonds. The molecule has 0 bridgehead atoms. The fourth-order valence-corrected chi connectivity index (χ4v) is 1.15. The third-order valence-corrected chi connectivity index (χ3v) is 2.06. The van der Waals surface area contributed by atoms with E-state index < -0.39 is 29.4 Å². The molecule has 0 saturated heterocycles. The Morgan fingerprint density at radius 3 is 2.14 bits per heavy atom. The Balaban J connectivity index is 0.000000219. The highest BCUT2D eigenvalue weighted by Crippen LogP contribution is 2.29. The second kappa shape index (κ2) is 6.50. The number of carboxylic acid groups (broad SMARTS) is 2. The summed E-state index contributed by atoms with van der Waals surface area (Å²) in [6.07, 6.45) is -1.25. The molecule has 112 valence electrons. The van der Waals surface area contributed by atoms with Crippen LogP contribution in [0.15, 0.2) is 30.7 Å². The number of nitrogens with zero attached hydrogens (tertiary/aromatic N) is 2. The Morgan fingerprint density at radius 2 is 1.81 bits per heavy atom. The van der Waals surface area contributed by atoms with Crippen molar-refractivity contribution in [3.8, 4) is 0 Å². The Morgan fingerprint density at radius 1 is 1.14 bits per heavy atom. The summed E-state index contributed by atoms with van der Waals surface area (Å²) < 4.78 is 35.7. The van der Waals surface area contributed by atoms with E-state index in [9.17, 15) is 22.8 Å². The summed E-state index contributed by atoms with van der Waals surface area (Å²) in [6, 6.07) is 3.08. The summed E-state index contributed by atoms with van der Waals surface area (Å²) >= 11 is 0. The molecule has 0 saturated carbocycles. The lowest BCUT2D eigenvalue weighted by Gasteiger charge is -2.02. The van der Waals surface area contributed by atoms with E-state index in [1.165, 1.54) is 18.5 Å². The number of pyridine rings is 1. The predicted octanol–water partition coefficient (Wildman–Crippen LogP) is 1.91. The summed E-state index contributed by atoms with van der Waals surface area (Å²) in [5.74, 6) is -2.60. The van der Waals surface area contributed by atoms with Gasteiger partial charge in [0.25, 0.3) is 0 Å². The SMILES string of the molecule is O=C(O)c1cccnc1.O=C(O)c1cn[nH]c1C(F)(F)F. The molecule has 10 heteroatoms. The van der Waals surface area contributed by atoms with Crippen molar-refractivity contribution in [2.45, 2.75) is 6.18 Å². The predicted molar refractivity (Wildman–Crippen MR) is 61.7 cm³/mol. The van der Waals surface area contributed by atoms with Crippen LogP contribution in [0.1, 0.15) is 26.4 Å². The van der Waals surface area contributed by atoms with Crippen molar-refractivity contribution < 1.29 is 33.0 Å². The van der Waals surface area contributed by atoms with Crippen molar-refractivity contribution in [3.63, 3.8) is 0 Å². The van der Waals surface area contributed by atoms with Gasteiger partial charge >= 0.3 is 18.1 Å². The number of carbonyl (C=O) groups is 2. The quantitative estimate of drug-likeness (QED) is 0.780. The summed E-state index contributed by atoms with van der Waals surface area (Å²) in [5, 5.41) is 21.2. The topological polar surface area (TPSA) is 116 Å². The third-order valence-electron chi connectivity index (χ3n) is 2.06. The minimum absolute atomic E-state index is 0.220. The second-order valence-electron chi connectivity index (χ2n) is 3.51. The van der Waals surface area contributed by atoms with Gasteiger partial charge in [-0.15, -0.1) is 0 Å². The molecular formula is C11H8F3N3O4. The monoisotopic (exact) mass is 303 g/mol. The van der Waals surface area contributed by atoms with E-state index in [1.807, 2.05) is 0 Å². The average molecular weight is 303 g/mol. The number of hydrogen-bond donors (Lipinski definition) is 3. The van der Waals surface area contributed by atoms with E-state index in [0.29, 0.717) is 6.20 Å². The fraction of sp³-hybridized carbons (Fsp3) is 0.0909. The number of aromatic amines is 1. The lowest BCUT2D eigenvalue weighted by molar-refractivity contribution is -0.141. The highest BCUT2D eigenvalue weighted by Gasteiger charge is 2.37. The Hall–Kier alpha value is -2.91. The van der Waals surface area contributed by atoms with Crippen molar-refractivity contribution in [3.05, 3.63) is 47.5 Å². The summed E-state index contributed by atoms with van der Waals surface area (Å²) in [7, 11) is 0. The number of alkyl halides is 3. The molecule has 0 spiro atoms. The molecule has 0 fully saturated rings. The molecule has 3 N–H and O–H groups in total. The standard InChI is InChI=1S/C6H5NO2.C5H3F3N2O2/c8-6(9)5-2-1-3-7-4-5;6-5(7,8)3-2(4(11)12)1-9-10-3/h1-4H,(H,8,9);1H,(H,9,10)(H,11,12). The Kier molecular flexibility index (Phi) is 5.00. The van der Waals surface area contributed by atoms with Gasteiger partial charge in [0.1, 0.15) is 5.56 Å². The van der Waals surface area contributed by atoms with Gasteiger partial charge in [0.05, 0.1) is 11.8 Å². The number of aromatic carboxylic acids is 2. The molecule has 2 aromatic heterocycles. The first-order valence-electron chi connectivity index (χ1n) is 5.20. The maximum absolute atomic E-state index is 11.9. The van der Waals surface area contributed by atoms with Gasteiger partial charge in [-0.05, 0) is 12.1 Å². The van der Waals surface area contributed by atoms with Gasteiger partial charge in [0.15, 0.2) is 5.69 Å². The average Bonchev–Trinajstić information content (AvgIpc) is 2.90. The number of H-pyrrole nitrogens is 1. The van der Waals surface area contributed by atoms with Crippen LogP contribution in [0.2, 0.25) is 0 Å².